The predicted molar refractivity (Wildman–Crippen MR) is 163 cm³/mol. The van der Waals surface area contributed by atoms with Gasteiger partial charge in [0, 0.05) is 24.5 Å². The number of nitrogen functional groups attached to an aromatic ring is 1. The van der Waals surface area contributed by atoms with Crippen LogP contribution in [0.3, 0.4) is 0 Å². The lowest BCUT2D eigenvalue weighted by Gasteiger charge is -2.26. The van der Waals surface area contributed by atoms with Gasteiger partial charge in [-0.05, 0) is 30.2 Å². The van der Waals surface area contributed by atoms with Crippen molar-refractivity contribution < 1.29 is 33.0 Å². The van der Waals surface area contributed by atoms with E-state index < -0.39 is 25.7 Å². The van der Waals surface area contributed by atoms with Crippen LogP contribution in [0.2, 0.25) is 0 Å². The second kappa shape index (κ2) is 13.7. The van der Waals surface area contributed by atoms with Gasteiger partial charge in [0.1, 0.15) is 11.8 Å². The van der Waals surface area contributed by atoms with Gasteiger partial charge in [-0.1, -0.05) is 57.2 Å². The van der Waals surface area contributed by atoms with Gasteiger partial charge in [-0.3, -0.25) is 9.32 Å². The highest BCUT2D eigenvalue weighted by Gasteiger charge is 2.34. The van der Waals surface area contributed by atoms with Crippen molar-refractivity contribution in [2.45, 2.75) is 46.7 Å². The average Bonchev–Trinajstić information content (AvgIpc) is 3.37. The highest BCUT2D eigenvalue weighted by Crippen LogP contribution is 2.47. The summed E-state index contributed by atoms with van der Waals surface area (Å²) in [5.41, 5.74) is 6.51. The number of carbonyl (C=O) groups excluding carboxylic acids is 1. The summed E-state index contributed by atoms with van der Waals surface area (Å²) < 4.78 is 38.5. The number of hydrogen-bond donors (Lipinski definition) is 3. The van der Waals surface area contributed by atoms with Crippen LogP contribution in [-0.2, 0) is 25.2 Å². The molecule has 0 fully saturated rings. The Morgan fingerprint density at radius 3 is 2.63 bits per heavy atom. The number of nitrogens with two attached hydrogens (primary N) is 1. The van der Waals surface area contributed by atoms with Crippen LogP contribution in [0.4, 0.5) is 5.95 Å². The molecule has 2 unspecified atom stereocenters. The van der Waals surface area contributed by atoms with Gasteiger partial charge in [-0.25, -0.2) is 9.55 Å². The molecule has 43 heavy (non-hydrogen) atoms. The standard InChI is InChI=1S/C29H39N6O7P/c1-19(27(37)40-17-29(2,3)4)34-43(38,42-23-12-8-10-21-9-6-7-11-22(21)23)41-16-20(15-36)13-14-35-18-31-24-25(35)32-28(30)33-26(24)39-5/h6-12,18-20,36H,13-17H2,1-5H3,(H,34,38)(H2,30,32,33)/t19-,20?,43?/m0/s1. The molecular weight excluding hydrogens is 575 g/mol. The van der Waals surface area contributed by atoms with Crippen LogP contribution < -0.4 is 20.1 Å². The van der Waals surface area contributed by atoms with Gasteiger partial charge in [-0.2, -0.15) is 15.1 Å². The van der Waals surface area contributed by atoms with Gasteiger partial charge >= 0.3 is 13.7 Å². The molecule has 14 heteroatoms. The van der Waals surface area contributed by atoms with Crippen molar-refractivity contribution >= 4 is 41.6 Å². The summed E-state index contributed by atoms with van der Waals surface area (Å²) in [6.45, 7) is 7.53. The van der Waals surface area contributed by atoms with E-state index in [9.17, 15) is 14.5 Å². The van der Waals surface area contributed by atoms with E-state index in [0.717, 1.165) is 10.8 Å². The SMILES string of the molecule is COc1nc(N)nc2c1ncn2CCC(CO)COP(=O)(N[C@@H](C)C(=O)OCC(C)(C)C)Oc1cccc2ccccc12. The molecule has 0 aliphatic carbocycles. The fourth-order valence-corrected chi connectivity index (χ4v) is 5.78. The van der Waals surface area contributed by atoms with Crippen LogP contribution >= 0.6 is 7.75 Å². The van der Waals surface area contributed by atoms with Crippen molar-refractivity contribution in [3.8, 4) is 11.6 Å². The molecule has 4 rings (SSSR count). The highest BCUT2D eigenvalue weighted by molar-refractivity contribution is 7.52. The largest absolute Gasteiger partial charge is 0.479 e. The molecular formula is C29H39N6O7P. The molecule has 0 saturated carbocycles. The first-order valence-electron chi connectivity index (χ1n) is 13.9. The third-order valence-electron chi connectivity index (χ3n) is 6.48. The minimum atomic E-state index is -4.16. The Kier molecular flexibility index (Phi) is 10.2. The summed E-state index contributed by atoms with van der Waals surface area (Å²) >= 11 is 0. The quantitative estimate of drug-likeness (QED) is 0.136. The minimum Gasteiger partial charge on any atom is -0.479 e. The number of fused-ring (bicyclic) bond motifs is 2. The van der Waals surface area contributed by atoms with Crippen LogP contribution in [0.15, 0.2) is 48.8 Å². The molecule has 0 bridgehead atoms. The number of rotatable bonds is 14. The first-order valence-corrected chi connectivity index (χ1v) is 15.4. The molecule has 0 radical (unpaired) electrons. The van der Waals surface area contributed by atoms with Gasteiger partial charge in [0.15, 0.2) is 11.2 Å². The maximum Gasteiger partial charge on any atom is 0.459 e. The number of aryl methyl sites for hydroxylation is 1. The second-order valence-corrected chi connectivity index (χ2v) is 13.1. The summed E-state index contributed by atoms with van der Waals surface area (Å²) in [6.07, 6.45) is 1.99. The maximum absolute atomic E-state index is 14.2. The van der Waals surface area contributed by atoms with Crippen molar-refractivity contribution in [2.24, 2.45) is 11.3 Å². The molecule has 2 heterocycles. The Bertz CT molecular complexity index is 1600. The molecule has 3 atom stereocenters. The molecule has 0 aliphatic heterocycles. The summed E-state index contributed by atoms with van der Waals surface area (Å²) in [6, 6.07) is 11.8. The summed E-state index contributed by atoms with van der Waals surface area (Å²) in [5, 5.41) is 14.5. The topological polar surface area (TPSA) is 173 Å². The molecule has 0 saturated heterocycles. The number of hydrogen-bond acceptors (Lipinski definition) is 11. The number of imidazole rings is 1. The number of aliphatic hydroxyl groups is 1. The molecule has 2 aromatic carbocycles. The second-order valence-electron chi connectivity index (χ2n) is 11.4. The van der Waals surface area contributed by atoms with E-state index in [1.807, 2.05) is 51.1 Å². The van der Waals surface area contributed by atoms with E-state index in [-0.39, 0.29) is 37.1 Å². The lowest BCUT2D eigenvalue weighted by Crippen LogP contribution is -2.36. The van der Waals surface area contributed by atoms with Crippen LogP contribution in [0.5, 0.6) is 11.6 Å². The number of ether oxygens (including phenoxy) is 2. The zero-order valence-electron chi connectivity index (χ0n) is 25.0. The summed E-state index contributed by atoms with van der Waals surface area (Å²) in [5.74, 6) is -0.423. The van der Waals surface area contributed by atoms with Gasteiger partial charge in [-0.15, -0.1) is 0 Å². The van der Waals surface area contributed by atoms with Gasteiger partial charge < -0.3 is 29.4 Å². The van der Waals surface area contributed by atoms with Crippen molar-refractivity contribution in [1.82, 2.24) is 24.6 Å². The number of methoxy groups -OCH3 is 1. The number of anilines is 1. The fraction of sp³-hybridized carbons (Fsp3) is 0.448. The van der Waals surface area contributed by atoms with E-state index in [2.05, 4.69) is 20.0 Å². The van der Waals surface area contributed by atoms with Crippen molar-refractivity contribution in [1.29, 1.82) is 0 Å². The Labute approximate surface area is 250 Å². The lowest BCUT2D eigenvalue weighted by atomic mass is 9.99. The number of aromatic nitrogens is 4. The Morgan fingerprint density at radius 1 is 1.16 bits per heavy atom. The van der Waals surface area contributed by atoms with E-state index in [0.29, 0.717) is 29.9 Å². The minimum absolute atomic E-state index is 0.0425. The van der Waals surface area contributed by atoms with Crippen LogP contribution in [0, 0.1) is 11.3 Å². The number of benzene rings is 2. The van der Waals surface area contributed by atoms with Crippen LogP contribution in [0.1, 0.15) is 34.1 Å². The van der Waals surface area contributed by atoms with Gasteiger partial charge in [0.25, 0.3) is 0 Å². The number of esters is 1. The zero-order chi connectivity index (χ0) is 31.2. The third kappa shape index (κ3) is 8.41. The van der Waals surface area contributed by atoms with E-state index in [1.54, 1.807) is 23.0 Å². The number of nitrogens with one attached hydrogen (secondary N) is 1. The van der Waals surface area contributed by atoms with E-state index in [1.165, 1.54) is 14.0 Å². The first kappa shape index (κ1) is 32.2. The highest BCUT2D eigenvalue weighted by atomic mass is 31.2. The average molecular weight is 615 g/mol. The van der Waals surface area contributed by atoms with E-state index >= 15 is 0 Å². The number of nitrogens with zero attached hydrogens (tertiary/aromatic N) is 4. The van der Waals surface area contributed by atoms with Gasteiger partial charge in [0.05, 0.1) is 26.7 Å². The molecule has 4 N–H and O–H groups in total. The Hall–Kier alpha value is -3.77. The first-order chi connectivity index (χ1) is 20.4. The normalized spacial score (nSPS) is 14.7. The molecule has 4 aromatic rings. The molecule has 0 amide bonds. The number of carbonyl (C=O) groups is 1. The molecule has 232 valence electrons. The molecule has 2 aromatic heterocycles. The van der Waals surface area contributed by atoms with Crippen LogP contribution in [-0.4, -0.2) is 63.6 Å². The monoisotopic (exact) mass is 614 g/mol. The van der Waals surface area contributed by atoms with E-state index in [4.69, 9.17) is 24.3 Å². The zero-order valence-corrected chi connectivity index (χ0v) is 25.9. The Morgan fingerprint density at radius 2 is 1.91 bits per heavy atom. The van der Waals surface area contributed by atoms with Gasteiger partial charge in [0.2, 0.25) is 11.8 Å². The summed E-state index contributed by atoms with van der Waals surface area (Å²) in [4.78, 5) is 25.4. The molecule has 0 aliphatic rings. The Balaban J connectivity index is 1.50. The maximum atomic E-state index is 14.2. The van der Waals surface area contributed by atoms with Crippen molar-refractivity contribution in [2.75, 3.05) is 32.7 Å². The predicted octanol–water partition coefficient (Wildman–Crippen LogP) is 4.34. The summed E-state index contributed by atoms with van der Waals surface area (Å²) in [7, 11) is -2.69. The molecule has 13 nitrogen and oxygen atoms in total. The number of aliphatic hydroxyl groups excluding tert-OH is 1. The molecule has 0 spiro atoms. The van der Waals surface area contributed by atoms with Crippen molar-refractivity contribution in [3.63, 3.8) is 0 Å². The van der Waals surface area contributed by atoms with Crippen LogP contribution in [0.25, 0.3) is 21.9 Å². The smallest absolute Gasteiger partial charge is 0.459 e. The van der Waals surface area contributed by atoms with Crippen molar-refractivity contribution in [3.05, 3.63) is 48.8 Å². The fourth-order valence-electron chi connectivity index (χ4n) is 4.19. The lowest BCUT2D eigenvalue weighted by molar-refractivity contribution is -0.148. The third-order valence-corrected chi connectivity index (χ3v) is 8.11.